The van der Waals surface area contributed by atoms with Crippen LogP contribution in [0.1, 0.15) is 32.6 Å². The first-order chi connectivity index (χ1) is 7.50. The first-order valence-electron chi connectivity index (χ1n) is 5.52. The van der Waals surface area contributed by atoms with Gasteiger partial charge in [0.05, 0.1) is 6.61 Å². The van der Waals surface area contributed by atoms with E-state index in [1.54, 1.807) is 6.92 Å². The van der Waals surface area contributed by atoms with Crippen molar-refractivity contribution >= 4 is 5.97 Å². The lowest BCUT2D eigenvalue weighted by atomic mass is 9.86. The number of ether oxygens (including phenoxy) is 1. The van der Waals surface area contributed by atoms with Gasteiger partial charge in [-0.3, -0.25) is 10.1 Å². The molecule has 0 aliphatic heterocycles. The second-order valence-corrected chi connectivity index (χ2v) is 4.12. The Labute approximate surface area is 93.7 Å². The third-order valence-corrected chi connectivity index (χ3v) is 3.03. The van der Waals surface area contributed by atoms with Crippen LogP contribution in [0.15, 0.2) is 0 Å². The minimum Gasteiger partial charge on any atom is -0.464 e. The van der Waals surface area contributed by atoms with Crippen molar-refractivity contribution < 1.29 is 19.6 Å². The SMILES string of the molecule is CCOC(=O)[C@@](O)(C[N+](=O)[O-])C1CCCC1. The zero-order valence-corrected chi connectivity index (χ0v) is 9.35. The van der Waals surface area contributed by atoms with Crippen LogP contribution >= 0.6 is 0 Å². The van der Waals surface area contributed by atoms with E-state index in [1.807, 2.05) is 0 Å². The molecule has 1 N–H and O–H groups in total. The normalized spacial score (nSPS) is 20.4. The molecule has 0 bridgehead atoms. The summed E-state index contributed by atoms with van der Waals surface area (Å²) in [5, 5.41) is 20.7. The number of hydrogen-bond donors (Lipinski definition) is 1. The molecule has 0 amide bonds. The molecule has 0 heterocycles. The van der Waals surface area contributed by atoms with Crippen LogP contribution in [0.3, 0.4) is 0 Å². The van der Waals surface area contributed by atoms with Crippen LogP contribution in [0.4, 0.5) is 0 Å². The molecule has 0 spiro atoms. The maximum atomic E-state index is 11.6. The average molecular weight is 231 g/mol. The summed E-state index contributed by atoms with van der Waals surface area (Å²) in [6.07, 6.45) is 3.07. The van der Waals surface area contributed by atoms with E-state index in [1.165, 1.54) is 0 Å². The van der Waals surface area contributed by atoms with E-state index >= 15 is 0 Å². The van der Waals surface area contributed by atoms with Crippen molar-refractivity contribution in [2.75, 3.05) is 13.2 Å². The van der Waals surface area contributed by atoms with E-state index in [2.05, 4.69) is 0 Å². The molecule has 16 heavy (non-hydrogen) atoms. The fraction of sp³-hybridized carbons (Fsp3) is 0.900. The van der Waals surface area contributed by atoms with Crippen molar-refractivity contribution in [3.8, 4) is 0 Å². The Morgan fingerprint density at radius 3 is 2.56 bits per heavy atom. The molecule has 0 aromatic rings. The van der Waals surface area contributed by atoms with Crippen molar-refractivity contribution in [1.29, 1.82) is 0 Å². The number of rotatable bonds is 5. The minimum atomic E-state index is -1.95. The number of carbonyl (C=O) groups is 1. The lowest BCUT2D eigenvalue weighted by Gasteiger charge is -2.27. The van der Waals surface area contributed by atoms with Crippen molar-refractivity contribution in [2.24, 2.45) is 5.92 Å². The Kier molecular flexibility index (Phi) is 4.23. The number of carbonyl (C=O) groups excluding carboxylic acids is 1. The molecule has 1 rings (SSSR count). The Hall–Kier alpha value is -1.17. The Bertz CT molecular complexity index is 274. The average Bonchev–Trinajstić information content (AvgIpc) is 2.69. The number of nitrogens with zero attached hydrogens (tertiary/aromatic N) is 1. The van der Waals surface area contributed by atoms with Gasteiger partial charge in [0, 0.05) is 10.8 Å². The smallest absolute Gasteiger partial charge is 0.345 e. The van der Waals surface area contributed by atoms with Gasteiger partial charge in [0.15, 0.2) is 0 Å². The summed E-state index contributed by atoms with van der Waals surface area (Å²) in [5.41, 5.74) is -1.95. The summed E-state index contributed by atoms with van der Waals surface area (Å²) in [6.45, 7) is 0.960. The quantitative estimate of drug-likeness (QED) is 0.428. The molecule has 0 aromatic carbocycles. The summed E-state index contributed by atoms with van der Waals surface area (Å²) < 4.78 is 4.73. The largest absolute Gasteiger partial charge is 0.464 e. The summed E-state index contributed by atoms with van der Waals surface area (Å²) >= 11 is 0. The fourth-order valence-corrected chi connectivity index (χ4v) is 2.22. The minimum absolute atomic E-state index is 0.117. The van der Waals surface area contributed by atoms with Gasteiger partial charge in [0.1, 0.15) is 0 Å². The maximum Gasteiger partial charge on any atom is 0.345 e. The predicted molar refractivity (Wildman–Crippen MR) is 55.4 cm³/mol. The van der Waals surface area contributed by atoms with Gasteiger partial charge in [-0.1, -0.05) is 12.8 Å². The Morgan fingerprint density at radius 2 is 2.12 bits per heavy atom. The van der Waals surface area contributed by atoms with E-state index in [9.17, 15) is 20.0 Å². The fourth-order valence-electron chi connectivity index (χ4n) is 2.22. The van der Waals surface area contributed by atoms with E-state index < -0.39 is 23.0 Å². The first kappa shape index (κ1) is 12.9. The van der Waals surface area contributed by atoms with E-state index in [4.69, 9.17) is 4.74 Å². The summed E-state index contributed by atoms with van der Waals surface area (Å²) in [7, 11) is 0. The molecule has 0 saturated heterocycles. The van der Waals surface area contributed by atoms with Crippen molar-refractivity contribution in [3.63, 3.8) is 0 Å². The molecule has 6 nitrogen and oxygen atoms in total. The number of esters is 1. The third-order valence-electron chi connectivity index (χ3n) is 3.03. The monoisotopic (exact) mass is 231 g/mol. The summed E-state index contributed by atoms with van der Waals surface area (Å²) in [6, 6.07) is 0. The molecular weight excluding hydrogens is 214 g/mol. The molecule has 0 unspecified atom stereocenters. The summed E-state index contributed by atoms with van der Waals surface area (Å²) in [4.78, 5) is 21.5. The van der Waals surface area contributed by atoms with Gasteiger partial charge in [-0.2, -0.15) is 0 Å². The van der Waals surface area contributed by atoms with Gasteiger partial charge in [0.2, 0.25) is 12.1 Å². The molecule has 1 fully saturated rings. The van der Waals surface area contributed by atoms with Crippen LogP contribution in [0, 0.1) is 16.0 Å². The number of hydrogen-bond acceptors (Lipinski definition) is 5. The van der Waals surface area contributed by atoms with Gasteiger partial charge in [-0.25, -0.2) is 4.79 Å². The van der Waals surface area contributed by atoms with Gasteiger partial charge >= 0.3 is 5.97 Å². The lowest BCUT2D eigenvalue weighted by Crippen LogP contribution is -2.51. The third kappa shape index (κ3) is 2.69. The second kappa shape index (κ2) is 5.25. The summed E-state index contributed by atoms with van der Waals surface area (Å²) in [5.74, 6) is -1.21. The van der Waals surface area contributed by atoms with E-state index in [-0.39, 0.29) is 12.5 Å². The zero-order valence-electron chi connectivity index (χ0n) is 9.35. The van der Waals surface area contributed by atoms with Crippen LogP contribution in [0.5, 0.6) is 0 Å². The highest BCUT2D eigenvalue weighted by Crippen LogP contribution is 2.35. The Morgan fingerprint density at radius 1 is 1.56 bits per heavy atom. The molecule has 6 heteroatoms. The van der Waals surface area contributed by atoms with Crippen LogP contribution in [-0.4, -0.2) is 34.8 Å². The maximum absolute atomic E-state index is 11.6. The van der Waals surface area contributed by atoms with Crippen LogP contribution in [0.2, 0.25) is 0 Å². The van der Waals surface area contributed by atoms with Gasteiger partial charge in [0.25, 0.3) is 0 Å². The highest BCUT2D eigenvalue weighted by molar-refractivity contribution is 5.80. The van der Waals surface area contributed by atoms with Crippen molar-refractivity contribution in [2.45, 2.75) is 38.2 Å². The molecule has 1 saturated carbocycles. The van der Waals surface area contributed by atoms with Crippen molar-refractivity contribution in [3.05, 3.63) is 10.1 Å². The van der Waals surface area contributed by atoms with Crippen molar-refractivity contribution in [1.82, 2.24) is 0 Å². The topological polar surface area (TPSA) is 89.7 Å². The molecule has 92 valence electrons. The van der Waals surface area contributed by atoms with Gasteiger partial charge in [-0.05, 0) is 19.8 Å². The zero-order chi connectivity index (χ0) is 12.2. The van der Waals surface area contributed by atoms with Crippen LogP contribution in [-0.2, 0) is 9.53 Å². The Balaban J connectivity index is 2.81. The van der Waals surface area contributed by atoms with Crippen LogP contribution < -0.4 is 0 Å². The second-order valence-electron chi connectivity index (χ2n) is 4.12. The van der Waals surface area contributed by atoms with Gasteiger partial charge < -0.3 is 9.84 Å². The number of aliphatic hydroxyl groups is 1. The first-order valence-corrected chi connectivity index (χ1v) is 5.52. The number of nitro groups is 1. The molecule has 0 radical (unpaired) electrons. The predicted octanol–water partition coefficient (Wildman–Crippen LogP) is 0.747. The molecule has 1 aliphatic carbocycles. The highest BCUT2D eigenvalue weighted by atomic mass is 16.6. The highest BCUT2D eigenvalue weighted by Gasteiger charge is 2.50. The molecule has 1 atom stereocenters. The van der Waals surface area contributed by atoms with E-state index in [0.717, 1.165) is 12.8 Å². The molecule has 0 aromatic heterocycles. The molecular formula is C10H17NO5. The van der Waals surface area contributed by atoms with Crippen LogP contribution in [0.25, 0.3) is 0 Å². The van der Waals surface area contributed by atoms with E-state index in [0.29, 0.717) is 12.8 Å². The van der Waals surface area contributed by atoms with Gasteiger partial charge in [-0.15, -0.1) is 0 Å². The standard InChI is InChI=1S/C10H17NO5/c1-2-16-9(12)10(13,7-11(14)15)8-5-3-4-6-8/h8,13H,2-7H2,1H3/t10-/m1/s1. The lowest BCUT2D eigenvalue weighted by molar-refractivity contribution is -0.500. The molecule has 1 aliphatic rings.